The Morgan fingerprint density at radius 2 is 1.71 bits per heavy atom. The molecule has 0 aliphatic rings. The number of hydrogen-bond acceptors (Lipinski definition) is 3. The van der Waals surface area contributed by atoms with Crippen LogP contribution in [0.1, 0.15) is 11.5 Å². The van der Waals surface area contributed by atoms with Gasteiger partial charge in [-0.25, -0.2) is 0 Å². The van der Waals surface area contributed by atoms with E-state index in [2.05, 4.69) is 0 Å². The first-order valence-electron chi connectivity index (χ1n) is 5.32. The van der Waals surface area contributed by atoms with Crippen molar-refractivity contribution in [1.82, 2.24) is 0 Å². The summed E-state index contributed by atoms with van der Waals surface area (Å²) in [5.41, 5.74) is 0.447. The molecular formula is C12H16O4Si. The fourth-order valence-electron chi connectivity index (χ4n) is 1.39. The van der Waals surface area contributed by atoms with Gasteiger partial charge in [-0.05, 0) is 25.2 Å². The molecule has 0 aliphatic carbocycles. The smallest absolute Gasteiger partial charge is 0.322 e. The Labute approximate surface area is 101 Å². The van der Waals surface area contributed by atoms with Crippen LogP contribution >= 0.6 is 0 Å². The molecule has 0 radical (unpaired) electrons. The van der Waals surface area contributed by atoms with Gasteiger partial charge in [-0.2, -0.15) is 0 Å². The van der Waals surface area contributed by atoms with E-state index >= 15 is 0 Å². The molecule has 0 bridgehead atoms. The molecule has 1 N–H and O–H groups in total. The van der Waals surface area contributed by atoms with E-state index in [1.165, 1.54) is 0 Å². The van der Waals surface area contributed by atoms with Gasteiger partial charge in [0.15, 0.2) is 5.92 Å². The standard InChI is InChI=1S/C12H16O4Si/c1-17(2,3)16-12(15)10(11(13)14)9-7-5-4-6-8-9/h4-8,10H,1-3H3,(H,13,14). The molecule has 1 atom stereocenters. The number of carboxylic acid groups (broad SMARTS) is 1. The number of rotatable bonds is 4. The van der Waals surface area contributed by atoms with E-state index in [0.29, 0.717) is 5.56 Å². The molecule has 0 spiro atoms. The van der Waals surface area contributed by atoms with Crippen molar-refractivity contribution in [1.29, 1.82) is 0 Å². The second kappa shape index (κ2) is 5.14. The molecule has 92 valence electrons. The third-order valence-corrected chi connectivity index (χ3v) is 2.84. The molecule has 1 aromatic rings. The van der Waals surface area contributed by atoms with Crippen LogP contribution in [0, 0.1) is 0 Å². The fourth-order valence-corrected chi connectivity index (χ4v) is 2.11. The first-order chi connectivity index (χ1) is 7.81. The maximum Gasteiger partial charge on any atom is 0.322 e. The number of carbonyl (C=O) groups is 2. The van der Waals surface area contributed by atoms with Crippen molar-refractivity contribution in [2.24, 2.45) is 0 Å². The lowest BCUT2D eigenvalue weighted by Gasteiger charge is -2.20. The molecule has 1 aromatic carbocycles. The quantitative estimate of drug-likeness (QED) is 0.659. The number of benzene rings is 1. The molecule has 0 aromatic heterocycles. The first-order valence-corrected chi connectivity index (χ1v) is 8.73. The average Bonchev–Trinajstić information content (AvgIpc) is 2.15. The maximum absolute atomic E-state index is 11.8. The molecule has 0 saturated carbocycles. The second-order valence-electron chi connectivity index (χ2n) is 4.72. The SMILES string of the molecule is C[Si](C)(C)OC(=O)C(C(=O)O)c1ccccc1. The van der Waals surface area contributed by atoms with Gasteiger partial charge in [0.1, 0.15) is 0 Å². The lowest BCUT2D eigenvalue weighted by molar-refractivity contribution is -0.148. The van der Waals surface area contributed by atoms with Crippen LogP contribution in [0.5, 0.6) is 0 Å². The third-order valence-electron chi connectivity index (χ3n) is 2.02. The number of carbonyl (C=O) groups excluding carboxylic acids is 1. The molecule has 0 amide bonds. The predicted molar refractivity (Wildman–Crippen MR) is 66.3 cm³/mol. The second-order valence-corrected chi connectivity index (χ2v) is 9.14. The van der Waals surface area contributed by atoms with Gasteiger partial charge in [0.25, 0.3) is 0 Å². The van der Waals surface area contributed by atoms with Gasteiger partial charge in [-0.3, -0.25) is 9.59 Å². The van der Waals surface area contributed by atoms with Crippen LogP contribution in [0.2, 0.25) is 19.6 Å². The highest BCUT2D eigenvalue weighted by atomic mass is 28.4. The molecule has 0 heterocycles. The monoisotopic (exact) mass is 252 g/mol. The normalized spacial score (nSPS) is 12.9. The van der Waals surface area contributed by atoms with E-state index in [9.17, 15) is 9.59 Å². The van der Waals surface area contributed by atoms with Crippen molar-refractivity contribution in [2.75, 3.05) is 0 Å². The van der Waals surface area contributed by atoms with Crippen molar-refractivity contribution in [3.8, 4) is 0 Å². The van der Waals surface area contributed by atoms with Crippen LogP contribution in [-0.2, 0) is 14.0 Å². The Balaban J connectivity index is 2.96. The van der Waals surface area contributed by atoms with Crippen LogP contribution < -0.4 is 0 Å². The van der Waals surface area contributed by atoms with Gasteiger partial charge in [0.2, 0.25) is 8.32 Å². The highest BCUT2D eigenvalue weighted by Gasteiger charge is 2.33. The number of carboxylic acids is 1. The van der Waals surface area contributed by atoms with Crippen LogP contribution in [0.25, 0.3) is 0 Å². The molecule has 0 fully saturated rings. The van der Waals surface area contributed by atoms with E-state index < -0.39 is 26.2 Å². The Morgan fingerprint density at radius 1 is 1.18 bits per heavy atom. The summed E-state index contributed by atoms with van der Waals surface area (Å²) in [6.07, 6.45) is 0. The summed E-state index contributed by atoms with van der Waals surface area (Å²) in [4.78, 5) is 23.0. The molecule has 1 rings (SSSR count). The highest BCUT2D eigenvalue weighted by Crippen LogP contribution is 2.19. The zero-order valence-corrected chi connectivity index (χ0v) is 11.1. The van der Waals surface area contributed by atoms with E-state index in [0.717, 1.165) is 0 Å². The van der Waals surface area contributed by atoms with Gasteiger partial charge < -0.3 is 9.53 Å². The van der Waals surface area contributed by atoms with Crippen LogP contribution in [0.3, 0.4) is 0 Å². The average molecular weight is 252 g/mol. The molecular weight excluding hydrogens is 236 g/mol. The van der Waals surface area contributed by atoms with Gasteiger partial charge in [0, 0.05) is 0 Å². The van der Waals surface area contributed by atoms with Gasteiger partial charge in [-0.15, -0.1) is 0 Å². The van der Waals surface area contributed by atoms with Gasteiger partial charge in [-0.1, -0.05) is 30.3 Å². The van der Waals surface area contributed by atoms with Gasteiger partial charge >= 0.3 is 11.9 Å². The Bertz CT molecular complexity index is 408. The van der Waals surface area contributed by atoms with E-state index in [4.69, 9.17) is 9.53 Å². The summed E-state index contributed by atoms with van der Waals surface area (Å²) < 4.78 is 5.23. The highest BCUT2D eigenvalue weighted by molar-refractivity contribution is 6.71. The summed E-state index contributed by atoms with van der Waals surface area (Å²) in [5.74, 6) is -3.09. The zero-order chi connectivity index (χ0) is 13.1. The minimum atomic E-state index is -2.07. The van der Waals surface area contributed by atoms with Crippen LogP contribution in [0.4, 0.5) is 0 Å². The summed E-state index contributed by atoms with van der Waals surface area (Å²) in [6.45, 7) is 5.53. The zero-order valence-electron chi connectivity index (χ0n) is 10.1. The van der Waals surface area contributed by atoms with Crippen LogP contribution in [-0.4, -0.2) is 25.4 Å². The van der Waals surface area contributed by atoms with Gasteiger partial charge in [0.05, 0.1) is 0 Å². The minimum absolute atomic E-state index is 0.447. The third kappa shape index (κ3) is 4.03. The topological polar surface area (TPSA) is 63.6 Å². The Hall–Kier alpha value is -1.62. The molecule has 0 aliphatic heterocycles. The number of aliphatic carboxylic acids is 1. The van der Waals surface area contributed by atoms with Crippen molar-refractivity contribution in [2.45, 2.75) is 25.6 Å². The summed E-state index contributed by atoms with van der Waals surface area (Å²) in [7, 11) is -2.07. The van der Waals surface area contributed by atoms with Crippen molar-refractivity contribution < 1.29 is 19.1 Å². The number of hydrogen-bond donors (Lipinski definition) is 1. The van der Waals surface area contributed by atoms with Crippen molar-refractivity contribution in [3.05, 3.63) is 35.9 Å². The predicted octanol–water partition coefficient (Wildman–Crippen LogP) is 2.23. The minimum Gasteiger partial charge on any atom is -0.519 e. The fraction of sp³-hybridized carbons (Fsp3) is 0.333. The van der Waals surface area contributed by atoms with E-state index in [-0.39, 0.29) is 0 Å². The maximum atomic E-state index is 11.8. The summed E-state index contributed by atoms with van der Waals surface area (Å²) in [5, 5.41) is 9.11. The Kier molecular flexibility index (Phi) is 4.06. The first kappa shape index (κ1) is 13.4. The van der Waals surface area contributed by atoms with Crippen molar-refractivity contribution >= 4 is 20.3 Å². The largest absolute Gasteiger partial charge is 0.519 e. The lowest BCUT2D eigenvalue weighted by Crippen LogP contribution is -2.34. The van der Waals surface area contributed by atoms with E-state index in [1.54, 1.807) is 30.3 Å². The summed E-state index contributed by atoms with van der Waals surface area (Å²) in [6, 6.07) is 8.40. The van der Waals surface area contributed by atoms with E-state index in [1.807, 2.05) is 19.6 Å². The molecule has 4 nitrogen and oxygen atoms in total. The molecule has 5 heteroatoms. The summed E-state index contributed by atoms with van der Waals surface area (Å²) >= 11 is 0. The molecule has 0 saturated heterocycles. The molecule has 17 heavy (non-hydrogen) atoms. The van der Waals surface area contributed by atoms with Crippen molar-refractivity contribution in [3.63, 3.8) is 0 Å². The Morgan fingerprint density at radius 3 is 2.12 bits per heavy atom. The molecule has 1 unspecified atom stereocenters. The van der Waals surface area contributed by atoms with Crippen LogP contribution in [0.15, 0.2) is 30.3 Å². The lowest BCUT2D eigenvalue weighted by atomic mass is 10.00.